The summed E-state index contributed by atoms with van der Waals surface area (Å²) < 4.78 is 19.1. The Morgan fingerprint density at radius 1 is 1.07 bits per heavy atom. The van der Waals surface area contributed by atoms with E-state index in [0.29, 0.717) is 67.8 Å². The number of ether oxygens (including phenoxy) is 3. The number of benzene rings is 1. The lowest BCUT2D eigenvalue weighted by Gasteiger charge is -2.29. The van der Waals surface area contributed by atoms with E-state index in [9.17, 15) is 14.7 Å². The number of amides is 1. The number of nitrogens with zero attached hydrogens (tertiary/aromatic N) is 4. The first kappa shape index (κ1) is 29.6. The number of imidazole rings is 1. The number of ketones is 1. The number of rotatable bonds is 11. The summed E-state index contributed by atoms with van der Waals surface area (Å²) in [5, 5.41) is 11.7. The Bertz CT molecular complexity index is 1490. The van der Waals surface area contributed by atoms with E-state index in [4.69, 9.17) is 19.2 Å². The van der Waals surface area contributed by atoms with Crippen LogP contribution in [0.3, 0.4) is 0 Å². The molecule has 0 bridgehead atoms. The van der Waals surface area contributed by atoms with Crippen LogP contribution >= 0.6 is 0 Å². The molecule has 10 nitrogen and oxygen atoms in total. The Kier molecular flexibility index (Phi) is 9.13. The van der Waals surface area contributed by atoms with Gasteiger partial charge in [0.1, 0.15) is 11.3 Å². The SMILES string of the molecule is CCCOc1ccc(C2/C(=C(\O)c3nc4c(C)cccn4c3C)C(=O)C(=O)N2CCCN2CCOCC2)cc1OCC. The van der Waals surface area contributed by atoms with Gasteiger partial charge in [0.2, 0.25) is 0 Å². The highest BCUT2D eigenvalue weighted by Gasteiger charge is 2.46. The number of Topliss-reactive ketones (excluding diaryl/α,β-unsaturated/α-hetero) is 1. The molecule has 4 heterocycles. The van der Waals surface area contributed by atoms with Gasteiger partial charge >= 0.3 is 0 Å². The molecular formula is C32H40N4O6. The smallest absolute Gasteiger partial charge is 0.295 e. The fraction of sp³-hybridized carbons (Fsp3) is 0.469. The molecule has 42 heavy (non-hydrogen) atoms. The maximum atomic E-state index is 13.7. The van der Waals surface area contributed by atoms with Gasteiger partial charge < -0.3 is 28.6 Å². The van der Waals surface area contributed by atoms with E-state index >= 15 is 0 Å². The molecule has 2 aliphatic heterocycles. The number of hydrogen-bond donors (Lipinski definition) is 1. The number of fused-ring (bicyclic) bond motifs is 1. The number of pyridine rings is 1. The summed E-state index contributed by atoms with van der Waals surface area (Å²) in [5.41, 5.74) is 3.27. The third kappa shape index (κ3) is 5.73. The number of carbonyl (C=O) groups is 2. The number of aryl methyl sites for hydroxylation is 2. The van der Waals surface area contributed by atoms with Crippen molar-refractivity contribution in [3.8, 4) is 11.5 Å². The Labute approximate surface area is 246 Å². The zero-order valence-corrected chi connectivity index (χ0v) is 24.9. The topological polar surface area (TPSA) is 106 Å². The number of morpholine rings is 1. The van der Waals surface area contributed by atoms with E-state index in [0.717, 1.165) is 31.6 Å². The van der Waals surface area contributed by atoms with Crippen molar-refractivity contribution in [2.45, 2.75) is 46.6 Å². The highest BCUT2D eigenvalue weighted by molar-refractivity contribution is 6.46. The molecule has 1 amide bonds. The fourth-order valence-electron chi connectivity index (χ4n) is 5.71. The highest BCUT2D eigenvalue weighted by atomic mass is 16.5. The van der Waals surface area contributed by atoms with Crippen LogP contribution in [0.4, 0.5) is 0 Å². The third-order valence-electron chi connectivity index (χ3n) is 7.87. The molecule has 2 saturated heterocycles. The van der Waals surface area contributed by atoms with Crippen molar-refractivity contribution >= 4 is 23.1 Å². The number of likely N-dealkylation sites (tertiary alicyclic amines) is 1. The van der Waals surface area contributed by atoms with Crippen molar-refractivity contribution in [3.63, 3.8) is 0 Å². The molecule has 1 unspecified atom stereocenters. The summed E-state index contributed by atoms with van der Waals surface area (Å²) in [6, 6.07) is 8.51. The van der Waals surface area contributed by atoms with E-state index in [1.54, 1.807) is 4.90 Å². The number of hydrogen-bond acceptors (Lipinski definition) is 8. The summed E-state index contributed by atoms with van der Waals surface area (Å²) in [6.45, 7) is 12.8. The molecule has 10 heteroatoms. The molecule has 3 aromatic rings. The molecule has 1 N–H and O–H groups in total. The van der Waals surface area contributed by atoms with Gasteiger partial charge in [0.15, 0.2) is 17.3 Å². The number of aliphatic hydroxyl groups excluding tert-OH is 1. The van der Waals surface area contributed by atoms with E-state index in [-0.39, 0.29) is 17.0 Å². The van der Waals surface area contributed by atoms with Crippen LogP contribution in [-0.4, -0.2) is 88.6 Å². The van der Waals surface area contributed by atoms with E-state index in [1.807, 2.05) is 68.6 Å². The molecule has 0 aliphatic carbocycles. The van der Waals surface area contributed by atoms with E-state index in [1.165, 1.54) is 0 Å². The van der Waals surface area contributed by atoms with Gasteiger partial charge in [-0.1, -0.05) is 19.1 Å². The van der Waals surface area contributed by atoms with Crippen LogP contribution in [0.2, 0.25) is 0 Å². The minimum Gasteiger partial charge on any atom is -0.505 e. The second-order valence-corrected chi connectivity index (χ2v) is 10.7. The van der Waals surface area contributed by atoms with Crippen LogP contribution < -0.4 is 9.47 Å². The minimum absolute atomic E-state index is 0.0280. The summed E-state index contributed by atoms with van der Waals surface area (Å²) in [4.78, 5) is 35.8. The van der Waals surface area contributed by atoms with Crippen molar-refractivity contribution in [1.82, 2.24) is 19.2 Å². The van der Waals surface area contributed by atoms with Gasteiger partial charge in [-0.25, -0.2) is 4.98 Å². The molecule has 2 aliphatic rings. The van der Waals surface area contributed by atoms with Crippen LogP contribution in [0.5, 0.6) is 11.5 Å². The standard InChI is InChI=1S/C32H40N4O6/c1-5-17-42-24-11-10-23(20-25(24)41-6-2)28-26(29(37)27-22(4)35-13-7-9-21(3)31(35)33-27)30(38)32(39)36(28)14-8-12-34-15-18-40-19-16-34/h7,9-11,13,20,28,37H,5-6,8,12,14-19H2,1-4H3/b29-26+. The molecule has 0 spiro atoms. The zero-order chi connectivity index (χ0) is 29.8. The predicted molar refractivity (Wildman–Crippen MR) is 159 cm³/mol. The maximum Gasteiger partial charge on any atom is 0.295 e. The van der Waals surface area contributed by atoms with Gasteiger partial charge in [0.25, 0.3) is 11.7 Å². The lowest BCUT2D eigenvalue weighted by atomic mass is 9.96. The first-order chi connectivity index (χ1) is 20.3. The predicted octanol–water partition coefficient (Wildman–Crippen LogP) is 4.28. The quantitative estimate of drug-likeness (QED) is 0.205. The molecule has 0 radical (unpaired) electrons. The van der Waals surface area contributed by atoms with E-state index in [2.05, 4.69) is 4.90 Å². The monoisotopic (exact) mass is 576 g/mol. The van der Waals surface area contributed by atoms with Gasteiger partial charge in [-0.2, -0.15) is 0 Å². The van der Waals surface area contributed by atoms with Crippen molar-refractivity contribution < 1.29 is 28.9 Å². The lowest BCUT2D eigenvalue weighted by molar-refractivity contribution is -0.140. The van der Waals surface area contributed by atoms with Gasteiger partial charge in [-0.3, -0.25) is 14.5 Å². The summed E-state index contributed by atoms with van der Waals surface area (Å²) in [5.74, 6) is -0.508. The van der Waals surface area contributed by atoms with Crippen LogP contribution in [0.1, 0.15) is 55.2 Å². The van der Waals surface area contributed by atoms with Crippen LogP contribution in [-0.2, 0) is 14.3 Å². The summed E-state index contributed by atoms with van der Waals surface area (Å²) in [7, 11) is 0. The third-order valence-corrected chi connectivity index (χ3v) is 7.87. The van der Waals surface area contributed by atoms with E-state index < -0.39 is 17.7 Å². The van der Waals surface area contributed by atoms with Gasteiger partial charge in [0, 0.05) is 32.4 Å². The Morgan fingerprint density at radius 2 is 1.86 bits per heavy atom. The second-order valence-electron chi connectivity index (χ2n) is 10.7. The molecule has 2 fully saturated rings. The van der Waals surface area contributed by atoms with Crippen LogP contribution in [0, 0.1) is 13.8 Å². The molecule has 1 atom stereocenters. The maximum absolute atomic E-state index is 13.7. The Balaban J connectivity index is 1.58. The Hall–Kier alpha value is -3.89. The fourth-order valence-corrected chi connectivity index (χ4v) is 5.71. The molecule has 2 aromatic heterocycles. The molecule has 0 saturated carbocycles. The molecular weight excluding hydrogens is 536 g/mol. The number of carbonyl (C=O) groups excluding carboxylic acids is 2. The molecule has 5 rings (SSSR count). The zero-order valence-electron chi connectivity index (χ0n) is 24.9. The Morgan fingerprint density at radius 3 is 2.57 bits per heavy atom. The van der Waals surface area contributed by atoms with Crippen molar-refractivity contribution in [3.05, 3.63) is 64.6 Å². The molecule has 1 aromatic carbocycles. The average Bonchev–Trinajstić information content (AvgIpc) is 3.47. The van der Waals surface area contributed by atoms with Gasteiger partial charge in [-0.05, 0) is 62.9 Å². The molecule has 224 valence electrons. The van der Waals surface area contributed by atoms with Crippen molar-refractivity contribution in [2.24, 2.45) is 0 Å². The van der Waals surface area contributed by atoms with Crippen molar-refractivity contribution in [2.75, 3.05) is 52.6 Å². The number of aromatic nitrogens is 2. The largest absolute Gasteiger partial charge is 0.505 e. The average molecular weight is 577 g/mol. The second kappa shape index (κ2) is 13.0. The summed E-state index contributed by atoms with van der Waals surface area (Å²) in [6.07, 6.45) is 3.38. The van der Waals surface area contributed by atoms with Crippen molar-refractivity contribution in [1.29, 1.82) is 0 Å². The lowest BCUT2D eigenvalue weighted by Crippen LogP contribution is -2.39. The number of aliphatic hydroxyl groups is 1. The highest BCUT2D eigenvalue weighted by Crippen LogP contribution is 2.42. The summed E-state index contributed by atoms with van der Waals surface area (Å²) >= 11 is 0. The van der Waals surface area contributed by atoms with Gasteiger partial charge in [-0.15, -0.1) is 0 Å². The minimum atomic E-state index is -0.806. The first-order valence-corrected chi connectivity index (χ1v) is 14.8. The van der Waals surface area contributed by atoms with Crippen LogP contribution in [0.15, 0.2) is 42.1 Å². The van der Waals surface area contributed by atoms with Crippen LogP contribution in [0.25, 0.3) is 11.4 Å². The van der Waals surface area contributed by atoms with Gasteiger partial charge in [0.05, 0.1) is 43.7 Å². The first-order valence-electron chi connectivity index (χ1n) is 14.8. The normalized spacial score (nSPS) is 19.1.